The molecule has 0 radical (unpaired) electrons. The molecule has 0 atom stereocenters. The number of nitrogens with zero attached hydrogens (tertiary/aromatic N) is 2. The normalized spacial score (nSPS) is 13.5. The molecule has 0 saturated heterocycles. The molecule has 1 amide bonds. The average Bonchev–Trinajstić information content (AvgIpc) is 3.05. The topological polar surface area (TPSA) is 58.2 Å². The van der Waals surface area contributed by atoms with E-state index < -0.39 is 0 Å². The Balaban J connectivity index is 1.48. The minimum atomic E-state index is 0.0243. The maximum absolute atomic E-state index is 13.5. The van der Waals surface area contributed by atoms with Gasteiger partial charge in [-0.15, -0.1) is 0 Å². The van der Waals surface area contributed by atoms with Crippen molar-refractivity contribution in [3.05, 3.63) is 80.0 Å². The lowest BCUT2D eigenvalue weighted by Gasteiger charge is -2.22. The van der Waals surface area contributed by atoms with Gasteiger partial charge in [-0.1, -0.05) is 19.1 Å². The highest BCUT2D eigenvalue weighted by molar-refractivity contribution is 9.13. The van der Waals surface area contributed by atoms with Crippen LogP contribution in [-0.4, -0.2) is 33.9 Å². The first kappa shape index (κ1) is 22.2. The quantitative estimate of drug-likeness (QED) is 0.300. The molecule has 2 heterocycles. The molecular formula is C26H23Br2N3O2. The van der Waals surface area contributed by atoms with Crippen LogP contribution in [0.15, 0.2) is 57.5 Å². The van der Waals surface area contributed by atoms with Crippen LogP contribution in [0.25, 0.3) is 22.2 Å². The van der Waals surface area contributed by atoms with Crippen molar-refractivity contribution < 1.29 is 9.53 Å². The van der Waals surface area contributed by atoms with Crippen LogP contribution in [-0.2, 0) is 13.0 Å². The zero-order valence-corrected chi connectivity index (χ0v) is 21.6. The summed E-state index contributed by atoms with van der Waals surface area (Å²) in [5, 5.41) is 0. The Morgan fingerprint density at radius 2 is 1.85 bits per heavy atom. The van der Waals surface area contributed by atoms with Gasteiger partial charge in [-0.3, -0.25) is 4.79 Å². The molecular weight excluding hydrogens is 546 g/mol. The number of rotatable bonds is 3. The van der Waals surface area contributed by atoms with E-state index in [2.05, 4.69) is 73.0 Å². The molecule has 1 aliphatic rings. The largest absolute Gasteiger partial charge is 0.491 e. The third-order valence-corrected chi connectivity index (χ3v) is 7.86. The summed E-state index contributed by atoms with van der Waals surface area (Å²) in [6.45, 7) is 5.54. The molecule has 0 fully saturated rings. The molecule has 5 nitrogen and oxygen atoms in total. The number of nitrogens with one attached hydrogen (secondary N) is 1. The number of benzene rings is 3. The Bertz CT molecular complexity index is 1380. The number of ether oxygens (including phenoxy) is 1. The molecule has 33 heavy (non-hydrogen) atoms. The lowest BCUT2D eigenvalue weighted by atomic mass is 10.0. The fourth-order valence-electron chi connectivity index (χ4n) is 4.31. The van der Waals surface area contributed by atoms with Gasteiger partial charge in [0.1, 0.15) is 18.2 Å². The van der Waals surface area contributed by atoms with E-state index in [4.69, 9.17) is 4.74 Å². The van der Waals surface area contributed by atoms with Crippen LogP contribution in [0.3, 0.4) is 0 Å². The summed E-state index contributed by atoms with van der Waals surface area (Å²) >= 11 is 7.10. The van der Waals surface area contributed by atoms with Crippen molar-refractivity contribution in [3.8, 4) is 16.9 Å². The third kappa shape index (κ3) is 4.32. The maximum atomic E-state index is 13.5. The second-order valence-corrected chi connectivity index (χ2v) is 9.94. The number of carbonyl (C=O) groups excluding carboxylic acids is 1. The molecule has 1 aliphatic heterocycles. The number of amides is 1. The molecule has 5 rings (SSSR count). The van der Waals surface area contributed by atoms with Crippen LogP contribution in [0.2, 0.25) is 0 Å². The van der Waals surface area contributed by atoms with E-state index in [0.717, 1.165) is 65.8 Å². The highest BCUT2D eigenvalue weighted by Gasteiger charge is 2.24. The van der Waals surface area contributed by atoms with Gasteiger partial charge >= 0.3 is 0 Å². The number of fused-ring (bicyclic) bond motifs is 2. The van der Waals surface area contributed by atoms with Gasteiger partial charge in [0.25, 0.3) is 5.91 Å². The van der Waals surface area contributed by atoms with Crippen LogP contribution < -0.4 is 4.74 Å². The van der Waals surface area contributed by atoms with Gasteiger partial charge in [-0.05, 0) is 98.3 Å². The Labute approximate surface area is 209 Å². The van der Waals surface area contributed by atoms with Crippen LogP contribution >= 0.6 is 31.9 Å². The molecule has 4 aromatic rings. The van der Waals surface area contributed by atoms with E-state index in [9.17, 15) is 4.79 Å². The smallest absolute Gasteiger partial charge is 0.254 e. The summed E-state index contributed by atoms with van der Waals surface area (Å²) in [5.41, 5.74) is 6.92. The van der Waals surface area contributed by atoms with E-state index in [1.54, 1.807) is 0 Å². The van der Waals surface area contributed by atoms with Crippen molar-refractivity contribution in [2.75, 3.05) is 13.2 Å². The number of imidazole rings is 1. The molecule has 0 unspecified atom stereocenters. The zero-order chi connectivity index (χ0) is 23.1. The van der Waals surface area contributed by atoms with Crippen molar-refractivity contribution in [2.24, 2.45) is 0 Å². The third-order valence-electron chi connectivity index (χ3n) is 6.02. The minimum absolute atomic E-state index is 0.0243. The van der Waals surface area contributed by atoms with Gasteiger partial charge < -0.3 is 14.6 Å². The van der Waals surface area contributed by atoms with Crippen molar-refractivity contribution in [3.63, 3.8) is 0 Å². The first-order chi connectivity index (χ1) is 15.9. The van der Waals surface area contributed by atoms with Gasteiger partial charge in [0.2, 0.25) is 0 Å². The zero-order valence-electron chi connectivity index (χ0n) is 18.4. The molecule has 0 spiro atoms. The van der Waals surface area contributed by atoms with E-state index in [1.165, 1.54) is 0 Å². The SMILES string of the molecule is CCc1cc(Br)c(Br)cc1C(=O)N1CCOc2ccc(-c3ccc4nc(C)[nH]c4c3)cc2C1. The lowest BCUT2D eigenvalue weighted by Crippen LogP contribution is -2.33. The summed E-state index contributed by atoms with van der Waals surface area (Å²) in [4.78, 5) is 23.2. The Morgan fingerprint density at radius 1 is 1.09 bits per heavy atom. The summed E-state index contributed by atoms with van der Waals surface area (Å²) in [7, 11) is 0. The number of hydrogen-bond donors (Lipinski definition) is 1. The number of aromatic amines is 1. The average molecular weight is 569 g/mol. The van der Waals surface area contributed by atoms with Crippen LogP contribution in [0.5, 0.6) is 5.75 Å². The lowest BCUT2D eigenvalue weighted by molar-refractivity contribution is 0.0732. The summed E-state index contributed by atoms with van der Waals surface area (Å²) in [6.07, 6.45) is 0.785. The highest BCUT2D eigenvalue weighted by atomic mass is 79.9. The van der Waals surface area contributed by atoms with E-state index in [1.807, 2.05) is 36.1 Å². The summed E-state index contributed by atoms with van der Waals surface area (Å²) in [5.74, 6) is 1.76. The van der Waals surface area contributed by atoms with Crippen LogP contribution in [0, 0.1) is 6.92 Å². The number of halogens is 2. The van der Waals surface area contributed by atoms with Crippen LogP contribution in [0.1, 0.15) is 34.2 Å². The standard InChI is InChI=1S/C26H23Br2N3O2/c1-3-16-11-21(27)22(28)13-20(16)26(32)31-8-9-33-25-7-5-17(10-19(25)14-31)18-4-6-23-24(12-18)30-15(2)29-23/h4-7,10-13H,3,8-9,14H2,1-2H3,(H,29,30). The number of aromatic nitrogens is 2. The molecule has 0 aliphatic carbocycles. The van der Waals surface area contributed by atoms with Crippen molar-refractivity contribution >= 4 is 48.8 Å². The number of hydrogen-bond acceptors (Lipinski definition) is 3. The predicted molar refractivity (Wildman–Crippen MR) is 138 cm³/mol. The molecule has 168 valence electrons. The first-order valence-corrected chi connectivity index (χ1v) is 12.5. The Morgan fingerprint density at radius 3 is 2.67 bits per heavy atom. The molecule has 3 aromatic carbocycles. The molecule has 1 N–H and O–H groups in total. The Kier molecular flexibility index (Phi) is 6.01. The van der Waals surface area contributed by atoms with E-state index >= 15 is 0 Å². The fraction of sp³-hybridized carbons (Fsp3) is 0.231. The highest BCUT2D eigenvalue weighted by Crippen LogP contribution is 2.32. The van der Waals surface area contributed by atoms with Gasteiger partial charge in [0.15, 0.2) is 0 Å². The monoisotopic (exact) mass is 567 g/mol. The fourth-order valence-corrected chi connectivity index (χ4v) is 5.05. The molecule has 7 heteroatoms. The molecule has 0 saturated carbocycles. The Hall–Kier alpha value is -2.64. The van der Waals surface area contributed by atoms with Gasteiger partial charge in [-0.2, -0.15) is 0 Å². The maximum Gasteiger partial charge on any atom is 0.254 e. The second-order valence-electron chi connectivity index (χ2n) is 8.23. The van der Waals surface area contributed by atoms with E-state index in [-0.39, 0.29) is 5.91 Å². The number of H-pyrrole nitrogens is 1. The van der Waals surface area contributed by atoms with Gasteiger partial charge in [0.05, 0.1) is 17.6 Å². The summed E-state index contributed by atoms with van der Waals surface area (Å²) in [6, 6.07) is 16.4. The van der Waals surface area contributed by atoms with Crippen molar-refractivity contribution in [1.82, 2.24) is 14.9 Å². The molecule has 0 bridgehead atoms. The van der Waals surface area contributed by atoms with Gasteiger partial charge in [-0.25, -0.2) is 4.98 Å². The first-order valence-electron chi connectivity index (χ1n) is 10.9. The summed E-state index contributed by atoms with van der Waals surface area (Å²) < 4.78 is 7.83. The van der Waals surface area contributed by atoms with Gasteiger partial charge in [0, 0.05) is 26.6 Å². The molecule has 1 aromatic heterocycles. The van der Waals surface area contributed by atoms with Crippen molar-refractivity contribution in [1.29, 1.82) is 0 Å². The minimum Gasteiger partial charge on any atom is -0.491 e. The number of aryl methyl sites for hydroxylation is 2. The number of carbonyl (C=O) groups is 1. The predicted octanol–water partition coefficient (Wildman–Crippen LogP) is 6.66. The van der Waals surface area contributed by atoms with Crippen LogP contribution in [0.4, 0.5) is 0 Å². The van der Waals surface area contributed by atoms with Crippen molar-refractivity contribution in [2.45, 2.75) is 26.8 Å². The van der Waals surface area contributed by atoms with E-state index in [0.29, 0.717) is 19.7 Å². The second kappa shape index (κ2) is 8.95.